The first-order chi connectivity index (χ1) is 13.9. The van der Waals surface area contributed by atoms with Gasteiger partial charge in [0.2, 0.25) is 0 Å². The van der Waals surface area contributed by atoms with Crippen molar-refractivity contribution in [1.29, 1.82) is 0 Å². The Morgan fingerprint density at radius 2 is 2.03 bits per heavy atom. The summed E-state index contributed by atoms with van der Waals surface area (Å²) in [6, 6.07) is 8.05. The largest absolute Gasteiger partial charge is 0.493 e. The molecular formula is C22H39IN4O3. The third-order valence-electron chi connectivity index (χ3n) is 4.55. The number of ether oxygens (including phenoxy) is 2. The molecule has 1 aliphatic rings. The number of aliphatic imine (C=N–C) groups is 1. The number of hydrogen-bond acceptors (Lipinski definition) is 5. The van der Waals surface area contributed by atoms with E-state index in [2.05, 4.69) is 34.4 Å². The summed E-state index contributed by atoms with van der Waals surface area (Å²) in [5.41, 5.74) is 0.238. The van der Waals surface area contributed by atoms with Gasteiger partial charge in [-0.1, -0.05) is 26.0 Å². The van der Waals surface area contributed by atoms with Crippen LogP contribution in [0, 0.1) is 5.92 Å². The lowest BCUT2D eigenvalue weighted by Gasteiger charge is -2.34. The quantitative estimate of drug-likeness (QED) is 0.243. The predicted molar refractivity (Wildman–Crippen MR) is 133 cm³/mol. The van der Waals surface area contributed by atoms with Gasteiger partial charge in [0.1, 0.15) is 5.75 Å². The monoisotopic (exact) mass is 534 g/mol. The van der Waals surface area contributed by atoms with Gasteiger partial charge in [0.15, 0.2) is 5.96 Å². The third-order valence-corrected chi connectivity index (χ3v) is 4.55. The van der Waals surface area contributed by atoms with Gasteiger partial charge in [0, 0.05) is 32.7 Å². The first-order valence-electron chi connectivity index (χ1n) is 10.6. The van der Waals surface area contributed by atoms with Crippen molar-refractivity contribution in [3.05, 3.63) is 29.8 Å². The van der Waals surface area contributed by atoms with E-state index in [0.717, 1.165) is 44.2 Å². The van der Waals surface area contributed by atoms with Gasteiger partial charge in [0.25, 0.3) is 0 Å². The number of benzene rings is 1. The SMILES string of the molecule is CCNC(=NCc1cccc(OCC(C)C)c1)NCC(C)(O)CN1CCOCC1.I. The molecule has 0 radical (unpaired) electrons. The summed E-state index contributed by atoms with van der Waals surface area (Å²) >= 11 is 0. The average Bonchev–Trinajstić information content (AvgIpc) is 2.69. The summed E-state index contributed by atoms with van der Waals surface area (Å²) in [7, 11) is 0. The van der Waals surface area contributed by atoms with Crippen molar-refractivity contribution in [3.8, 4) is 5.75 Å². The number of halogens is 1. The van der Waals surface area contributed by atoms with Crippen LogP contribution in [0.2, 0.25) is 0 Å². The minimum atomic E-state index is -0.849. The molecule has 30 heavy (non-hydrogen) atoms. The maximum absolute atomic E-state index is 10.8. The number of aliphatic hydroxyl groups is 1. The zero-order valence-electron chi connectivity index (χ0n) is 18.8. The maximum Gasteiger partial charge on any atom is 0.191 e. The molecule has 0 aromatic heterocycles. The van der Waals surface area contributed by atoms with Gasteiger partial charge in [-0.25, -0.2) is 4.99 Å². The van der Waals surface area contributed by atoms with Crippen LogP contribution in [0.5, 0.6) is 5.75 Å². The molecule has 1 aliphatic heterocycles. The van der Waals surface area contributed by atoms with Crippen LogP contribution in [0.3, 0.4) is 0 Å². The Hall–Kier alpha value is -1.10. The highest BCUT2D eigenvalue weighted by Gasteiger charge is 2.25. The highest BCUT2D eigenvalue weighted by Crippen LogP contribution is 2.15. The van der Waals surface area contributed by atoms with Crippen LogP contribution in [0.15, 0.2) is 29.3 Å². The van der Waals surface area contributed by atoms with Crippen LogP contribution in [0.4, 0.5) is 0 Å². The van der Waals surface area contributed by atoms with Crippen LogP contribution in [-0.4, -0.2) is 74.1 Å². The van der Waals surface area contributed by atoms with Gasteiger partial charge in [0.05, 0.1) is 32.0 Å². The van der Waals surface area contributed by atoms with E-state index < -0.39 is 5.60 Å². The lowest BCUT2D eigenvalue weighted by Crippen LogP contribution is -2.52. The van der Waals surface area contributed by atoms with Crippen molar-refractivity contribution in [2.45, 2.75) is 39.8 Å². The minimum absolute atomic E-state index is 0. The first-order valence-corrected chi connectivity index (χ1v) is 10.6. The molecule has 0 amide bonds. The molecule has 1 heterocycles. The Bertz CT molecular complexity index is 635. The Kier molecular flexibility index (Phi) is 12.6. The van der Waals surface area contributed by atoms with Crippen molar-refractivity contribution in [2.75, 3.05) is 52.5 Å². The van der Waals surface area contributed by atoms with E-state index in [9.17, 15) is 5.11 Å². The molecule has 1 unspecified atom stereocenters. The molecule has 0 saturated carbocycles. The fourth-order valence-corrected chi connectivity index (χ4v) is 3.08. The van der Waals surface area contributed by atoms with Gasteiger partial charge >= 0.3 is 0 Å². The molecule has 172 valence electrons. The van der Waals surface area contributed by atoms with E-state index in [0.29, 0.717) is 38.1 Å². The molecule has 1 fully saturated rings. The molecule has 1 saturated heterocycles. The van der Waals surface area contributed by atoms with Gasteiger partial charge < -0.3 is 25.2 Å². The molecular weight excluding hydrogens is 495 g/mol. The van der Waals surface area contributed by atoms with E-state index in [1.807, 2.05) is 38.1 Å². The first kappa shape index (κ1) is 26.9. The topological polar surface area (TPSA) is 78.4 Å². The maximum atomic E-state index is 10.8. The van der Waals surface area contributed by atoms with Crippen LogP contribution in [-0.2, 0) is 11.3 Å². The summed E-state index contributed by atoms with van der Waals surface area (Å²) in [5.74, 6) is 2.06. The molecule has 1 atom stereocenters. The number of nitrogens with one attached hydrogen (secondary N) is 2. The van der Waals surface area contributed by atoms with E-state index in [-0.39, 0.29) is 24.0 Å². The fourth-order valence-electron chi connectivity index (χ4n) is 3.08. The average molecular weight is 534 g/mol. The molecule has 3 N–H and O–H groups in total. The standard InChI is InChI=1S/C22H38N4O3.HI/c1-5-23-21(25-16-22(4,27)17-26-9-11-28-12-10-26)24-14-19-7-6-8-20(13-19)29-15-18(2)3;/h6-8,13,18,27H,5,9-12,14-17H2,1-4H3,(H2,23,24,25);1H. The number of morpholine rings is 1. The Balaban J connectivity index is 0.00000450. The molecule has 1 aromatic carbocycles. The number of hydrogen-bond donors (Lipinski definition) is 3. The molecule has 8 heteroatoms. The smallest absolute Gasteiger partial charge is 0.191 e. The van der Waals surface area contributed by atoms with E-state index in [1.165, 1.54) is 0 Å². The summed E-state index contributed by atoms with van der Waals surface area (Å²) in [5, 5.41) is 17.3. The Morgan fingerprint density at radius 3 is 2.70 bits per heavy atom. The predicted octanol–water partition coefficient (Wildman–Crippen LogP) is 2.48. The summed E-state index contributed by atoms with van der Waals surface area (Å²) in [4.78, 5) is 6.90. The zero-order chi connectivity index (χ0) is 21.1. The molecule has 7 nitrogen and oxygen atoms in total. The van der Waals surface area contributed by atoms with Crippen LogP contribution < -0.4 is 15.4 Å². The second kappa shape index (κ2) is 14.1. The molecule has 2 rings (SSSR count). The van der Waals surface area contributed by atoms with E-state index >= 15 is 0 Å². The highest BCUT2D eigenvalue weighted by molar-refractivity contribution is 14.0. The Labute approximate surface area is 198 Å². The summed E-state index contributed by atoms with van der Waals surface area (Å²) < 4.78 is 11.2. The zero-order valence-corrected chi connectivity index (χ0v) is 21.1. The molecule has 0 bridgehead atoms. The van der Waals surface area contributed by atoms with Gasteiger partial charge in [-0.2, -0.15) is 0 Å². The third kappa shape index (κ3) is 10.8. The summed E-state index contributed by atoms with van der Waals surface area (Å²) in [6.45, 7) is 14.4. The number of guanidine groups is 1. The minimum Gasteiger partial charge on any atom is -0.493 e. The van der Waals surface area contributed by atoms with Crippen molar-refractivity contribution in [1.82, 2.24) is 15.5 Å². The van der Waals surface area contributed by atoms with Crippen molar-refractivity contribution < 1.29 is 14.6 Å². The molecule has 1 aromatic rings. The van der Waals surface area contributed by atoms with E-state index in [4.69, 9.17) is 9.47 Å². The summed E-state index contributed by atoms with van der Waals surface area (Å²) in [6.07, 6.45) is 0. The van der Waals surface area contributed by atoms with Crippen molar-refractivity contribution in [3.63, 3.8) is 0 Å². The number of nitrogens with zero attached hydrogens (tertiary/aromatic N) is 2. The van der Waals surface area contributed by atoms with E-state index in [1.54, 1.807) is 0 Å². The second-order valence-electron chi connectivity index (χ2n) is 8.29. The Morgan fingerprint density at radius 1 is 1.30 bits per heavy atom. The van der Waals surface area contributed by atoms with Crippen LogP contribution in [0.25, 0.3) is 0 Å². The lowest BCUT2D eigenvalue weighted by atomic mass is 10.1. The van der Waals surface area contributed by atoms with Crippen molar-refractivity contribution in [2.24, 2.45) is 10.9 Å². The van der Waals surface area contributed by atoms with Gasteiger partial charge in [-0.3, -0.25) is 4.90 Å². The highest BCUT2D eigenvalue weighted by atomic mass is 127. The van der Waals surface area contributed by atoms with Crippen LogP contribution >= 0.6 is 24.0 Å². The fraction of sp³-hybridized carbons (Fsp3) is 0.682. The lowest BCUT2D eigenvalue weighted by molar-refractivity contribution is -0.0201. The van der Waals surface area contributed by atoms with Crippen LogP contribution in [0.1, 0.15) is 33.3 Å². The second-order valence-corrected chi connectivity index (χ2v) is 8.29. The van der Waals surface area contributed by atoms with Gasteiger partial charge in [-0.05, 0) is 37.5 Å². The number of rotatable bonds is 10. The normalized spacial score (nSPS) is 17.2. The van der Waals surface area contributed by atoms with Gasteiger partial charge in [-0.15, -0.1) is 24.0 Å². The van der Waals surface area contributed by atoms with Crippen molar-refractivity contribution >= 4 is 29.9 Å². The molecule has 0 aliphatic carbocycles. The number of β-amino-alcohol motifs (C(OH)–C–C–N with tert-alkyl or cyclic N) is 1. The molecule has 0 spiro atoms.